The Morgan fingerprint density at radius 1 is 1.13 bits per heavy atom. The van der Waals surface area contributed by atoms with Crippen LogP contribution in [0.5, 0.6) is 11.5 Å². The van der Waals surface area contributed by atoms with Gasteiger partial charge in [0, 0.05) is 6.54 Å². The van der Waals surface area contributed by atoms with E-state index in [9.17, 15) is 0 Å². The van der Waals surface area contributed by atoms with Crippen LogP contribution in [0, 0.1) is 0 Å². The van der Waals surface area contributed by atoms with E-state index in [1.807, 2.05) is 18.2 Å². The number of unbranched alkanes of at least 4 members (excludes halogenated alkanes) is 4. The van der Waals surface area contributed by atoms with Crippen molar-refractivity contribution in [3.63, 3.8) is 0 Å². The lowest BCUT2D eigenvalue weighted by molar-refractivity contribution is 0.355. The normalized spacial score (nSPS) is 10.6. The average Bonchev–Trinajstić information content (AvgIpc) is 2.57. The molecule has 1 aromatic carbocycles. The van der Waals surface area contributed by atoms with Crippen molar-refractivity contribution in [1.29, 1.82) is 0 Å². The second kappa shape index (κ2) is 11.7. The molecule has 23 heavy (non-hydrogen) atoms. The van der Waals surface area contributed by atoms with E-state index in [1.165, 1.54) is 25.7 Å². The van der Waals surface area contributed by atoms with E-state index < -0.39 is 0 Å². The largest absolute Gasteiger partial charge is 0.493 e. The maximum atomic E-state index is 5.25. The van der Waals surface area contributed by atoms with Gasteiger partial charge in [-0.15, -0.1) is 0 Å². The summed E-state index contributed by atoms with van der Waals surface area (Å²) in [7, 11) is 3.22. The van der Waals surface area contributed by atoms with E-state index in [1.54, 1.807) is 20.4 Å². The fourth-order valence-corrected chi connectivity index (χ4v) is 2.22. The molecule has 0 amide bonds. The minimum absolute atomic E-state index is 0.539. The summed E-state index contributed by atoms with van der Waals surface area (Å²) in [6.45, 7) is 3.09. The molecule has 128 valence electrons. The third-order valence-electron chi connectivity index (χ3n) is 3.35. The van der Waals surface area contributed by atoms with Crippen LogP contribution < -0.4 is 20.2 Å². The first-order chi connectivity index (χ1) is 11.2. The fourth-order valence-electron chi connectivity index (χ4n) is 2.07. The van der Waals surface area contributed by atoms with Crippen molar-refractivity contribution in [2.24, 2.45) is 5.10 Å². The van der Waals surface area contributed by atoms with E-state index in [-0.39, 0.29) is 0 Å². The molecule has 1 rings (SSSR count). The summed E-state index contributed by atoms with van der Waals surface area (Å²) in [6.07, 6.45) is 7.91. The molecule has 0 aliphatic rings. The van der Waals surface area contributed by atoms with Crippen LogP contribution in [0.4, 0.5) is 0 Å². The predicted octanol–water partition coefficient (Wildman–Crippen LogP) is 3.47. The topological polar surface area (TPSA) is 54.9 Å². The molecule has 0 fully saturated rings. The van der Waals surface area contributed by atoms with E-state index in [2.05, 4.69) is 22.8 Å². The summed E-state index contributed by atoms with van der Waals surface area (Å²) in [5.74, 6) is 1.36. The summed E-state index contributed by atoms with van der Waals surface area (Å²) in [5, 5.41) is 7.81. The summed E-state index contributed by atoms with van der Waals surface area (Å²) >= 11 is 5.18. The van der Waals surface area contributed by atoms with E-state index in [0.29, 0.717) is 16.6 Å². The van der Waals surface area contributed by atoms with E-state index in [4.69, 9.17) is 21.7 Å². The predicted molar refractivity (Wildman–Crippen MR) is 99.6 cm³/mol. The summed E-state index contributed by atoms with van der Waals surface area (Å²) < 4.78 is 10.4. The molecule has 0 saturated heterocycles. The third kappa shape index (κ3) is 7.83. The van der Waals surface area contributed by atoms with Crippen molar-refractivity contribution in [3.8, 4) is 11.5 Å². The van der Waals surface area contributed by atoms with Crippen LogP contribution in [0.15, 0.2) is 23.3 Å². The first-order valence-electron chi connectivity index (χ1n) is 8.00. The van der Waals surface area contributed by atoms with Crippen molar-refractivity contribution in [2.75, 3.05) is 20.8 Å². The number of hydrogen-bond acceptors (Lipinski definition) is 4. The van der Waals surface area contributed by atoms with Crippen molar-refractivity contribution < 1.29 is 9.47 Å². The Morgan fingerprint density at radius 2 is 1.87 bits per heavy atom. The van der Waals surface area contributed by atoms with Crippen molar-refractivity contribution in [1.82, 2.24) is 10.7 Å². The fraction of sp³-hybridized carbons (Fsp3) is 0.529. The summed E-state index contributed by atoms with van der Waals surface area (Å²) in [4.78, 5) is 0. The van der Waals surface area contributed by atoms with Gasteiger partial charge in [0.15, 0.2) is 16.6 Å². The number of rotatable bonds is 10. The number of hydrogen-bond donors (Lipinski definition) is 2. The number of benzene rings is 1. The van der Waals surface area contributed by atoms with Gasteiger partial charge in [-0.3, -0.25) is 5.43 Å². The number of nitrogens with zero attached hydrogens (tertiary/aromatic N) is 1. The van der Waals surface area contributed by atoms with Crippen LogP contribution in [0.1, 0.15) is 44.6 Å². The Labute approximate surface area is 144 Å². The molecule has 0 saturated carbocycles. The lowest BCUT2D eigenvalue weighted by Gasteiger charge is -2.08. The number of hydrazone groups is 1. The zero-order valence-corrected chi connectivity index (χ0v) is 15.0. The lowest BCUT2D eigenvalue weighted by Crippen LogP contribution is -2.32. The minimum Gasteiger partial charge on any atom is -0.493 e. The first kappa shape index (κ1) is 19.2. The second-order valence-corrected chi connectivity index (χ2v) is 5.56. The van der Waals surface area contributed by atoms with Crippen LogP contribution in [0.25, 0.3) is 0 Å². The Morgan fingerprint density at radius 3 is 2.57 bits per heavy atom. The maximum absolute atomic E-state index is 5.25. The standard InChI is InChI=1S/C17H27N3O2S/c1-4-5-6-7-8-11-18-17(23)20-19-13-14-9-10-15(21-2)16(12-14)22-3/h9-10,12-13H,4-8,11H2,1-3H3,(H2,18,20,23)/b19-13+. The Kier molecular flexibility index (Phi) is 9.79. The molecule has 0 aliphatic heterocycles. The van der Waals surface area contributed by atoms with E-state index >= 15 is 0 Å². The number of nitrogens with one attached hydrogen (secondary N) is 2. The van der Waals surface area contributed by atoms with E-state index in [0.717, 1.165) is 18.5 Å². The number of ether oxygens (including phenoxy) is 2. The summed E-state index contributed by atoms with van der Waals surface area (Å²) in [5.41, 5.74) is 3.72. The Hall–Kier alpha value is -1.82. The molecule has 0 bridgehead atoms. The smallest absolute Gasteiger partial charge is 0.186 e. The highest BCUT2D eigenvalue weighted by Crippen LogP contribution is 2.26. The highest BCUT2D eigenvalue weighted by atomic mass is 32.1. The lowest BCUT2D eigenvalue weighted by atomic mass is 10.1. The SMILES string of the molecule is CCCCCCCNC(=S)N/N=C/c1ccc(OC)c(OC)c1. The molecule has 5 nitrogen and oxygen atoms in total. The Bertz CT molecular complexity index is 507. The quantitative estimate of drug-likeness (QED) is 0.296. The molecule has 1 aromatic rings. The molecular formula is C17H27N3O2S. The second-order valence-electron chi connectivity index (χ2n) is 5.15. The molecule has 0 atom stereocenters. The van der Waals surface area contributed by atoms with Crippen LogP contribution in [-0.4, -0.2) is 32.1 Å². The monoisotopic (exact) mass is 337 g/mol. The minimum atomic E-state index is 0.539. The van der Waals surface area contributed by atoms with Crippen LogP contribution in [0.2, 0.25) is 0 Å². The highest BCUT2D eigenvalue weighted by Gasteiger charge is 2.02. The zero-order valence-electron chi connectivity index (χ0n) is 14.2. The van der Waals surface area contributed by atoms with Gasteiger partial charge in [-0.25, -0.2) is 0 Å². The van der Waals surface area contributed by atoms with Gasteiger partial charge in [0.1, 0.15) is 0 Å². The van der Waals surface area contributed by atoms with Gasteiger partial charge in [-0.05, 0) is 42.4 Å². The molecule has 0 unspecified atom stereocenters. The van der Waals surface area contributed by atoms with Gasteiger partial charge in [0.25, 0.3) is 0 Å². The molecule has 0 aliphatic carbocycles. The molecule has 0 spiro atoms. The maximum Gasteiger partial charge on any atom is 0.186 e. The molecule has 2 N–H and O–H groups in total. The van der Waals surface area contributed by atoms with Gasteiger partial charge < -0.3 is 14.8 Å². The molecule has 0 heterocycles. The van der Waals surface area contributed by atoms with Crippen molar-refractivity contribution in [2.45, 2.75) is 39.0 Å². The number of methoxy groups -OCH3 is 2. The van der Waals surface area contributed by atoms with Gasteiger partial charge in [-0.1, -0.05) is 32.6 Å². The van der Waals surface area contributed by atoms with Gasteiger partial charge in [0.05, 0.1) is 20.4 Å². The van der Waals surface area contributed by atoms with Gasteiger partial charge >= 0.3 is 0 Å². The van der Waals surface area contributed by atoms with Crippen molar-refractivity contribution >= 4 is 23.5 Å². The number of thiocarbonyl (C=S) groups is 1. The van der Waals surface area contributed by atoms with Crippen molar-refractivity contribution in [3.05, 3.63) is 23.8 Å². The van der Waals surface area contributed by atoms with Gasteiger partial charge in [0.2, 0.25) is 0 Å². The molecule has 6 heteroatoms. The molecular weight excluding hydrogens is 310 g/mol. The van der Waals surface area contributed by atoms with Crippen LogP contribution >= 0.6 is 12.2 Å². The zero-order chi connectivity index (χ0) is 16.9. The molecule has 0 aromatic heterocycles. The summed E-state index contributed by atoms with van der Waals surface area (Å²) in [6, 6.07) is 5.60. The first-order valence-corrected chi connectivity index (χ1v) is 8.41. The molecule has 0 radical (unpaired) electrons. The average molecular weight is 337 g/mol. The highest BCUT2D eigenvalue weighted by molar-refractivity contribution is 7.80. The van der Waals surface area contributed by atoms with Crippen LogP contribution in [0.3, 0.4) is 0 Å². The Balaban J connectivity index is 2.31. The van der Waals surface area contributed by atoms with Crippen LogP contribution in [-0.2, 0) is 0 Å². The van der Waals surface area contributed by atoms with Gasteiger partial charge in [-0.2, -0.15) is 5.10 Å². The third-order valence-corrected chi connectivity index (χ3v) is 3.59.